The number of rotatable bonds is 9. The van der Waals surface area contributed by atoms with Gasteiger partial charge < -0.3 is 18.8 Å². The van der Waals surface area contributed by atoms with Gasteiger partial charge >= 0.3 is 0 Å². The number of nitrogens with zero attached hydrogens (tertiary/aromatic N) is 3. The summed E-state index contributed by atoms with van der Waals surface area (Å²) in [5, 5.41) is 4.66. The van der Waals surface area contributed by atoms with E-state index in [2.05, 4.69) is 263 Å². The molecule has 64 heavy (non-hydrogen) atoms. The Hall–Kier alpha value is -8.60. The second-order valence-electron chi connectivity index (χ2n) is 16.2. The van der Waals surface area contributed by atoms with Crippen molar-refractivity contribution < 1.29 is 4.42 Å². The second-order valence-corrected chi connectivity index (χ2v) is 16.2. The average molecular weight is 820 g/mol. The zero-order valence-electron chi connectivity index (χ0n) is 34.9. The molecule has 0 aliphatic rings. The monoisotopic (exact) mass is 819 g/mol. The van der Waals surface area contributed by atoms with Crippen LogP contribution in [0.3, 0.4) is 0 Å². The summed E-state index contributed by atoms with van der Waals surface area (Å²) in [6.45, 7) is 0. The Kier molecular flexibility index (Phi) is 9.12. The number of furan rings is 1. The number of hydrogen-bond donors (Lipinski definition) is 0. The van der Waals surface area contributed by atoms with E-state index in [9.17, 15) is 0 Å². The molecule has 0 unspecified atom stereocenters. The van der Waals surface area contributed by atoms with Crippen molar-refractivity contribution in [3.05, 3.63) is 249 Å². The molecule has 0 aliphatic carbocycles. The fourth-order valence-electron chi connectivity index (χ4n) is 9.34. The van der Waals surface area contributed by atoms with Gasteiger partial charge in [-0.05, 0) is 125 Å². The van der Waals surface area contributed by atoms with Gasteiger partial charge in [0.05, 0.1) is 11.0 Å². The summed E-state index contributed by atoms with van der Waals surface area (Å²) in [5.41, 5.74) is 16.2. The normalized spacial score (nSPS) is 11.4. The highest BCUT2D eigenvalue weighted by Crippen LogP contribution is 2.43. The standard InChI is InChI=1S/C60H41N3O/c1-5-16-42(17-6-1)43-28-32-49(33-29-43)61(46-18-7-2-8-19-46)50-24-15-25-51(40-50)62(47-20-9-3-10-21-47)52-34-36-55-56-38-44(31-37-59(56)64-60(55)41-52)45-30-35-54-53-26-13-14-27-57(53)63(58(54)39-45)48-22-11-4-12-23-48/h1-41H. The van der Waals surface area contributed by atoms with E-state index in [1.807, 2.05) is 0 Å². The predicted molar refractivity (Wildman–Crippen MR) is 268 cm³/mol. The summed E-state index contributed by atoms with van der Waals surface area (Å²) in [4.78, 5) is 4.63. The van der Waals surface area contributed by atoms with Crippen LogP contribution in [-0.4, -0.2) is 4.57 Å². The molecule has 302 valence electrons. The minimum Gasteiger partial charge on any atom is -0.456 e. The lowest BCUT2D eigenvalue weighted by Crippen LogP contribution is -2.13. The van der Waals surface area contributed by atoms with Crippen LogP contribution in [0.2, 0.25) is 0 Å². The highest BCUT2D eigenvalue weighted by atomic mass is 16.3. The fourth-order valence-corrected chi connectivity index (χ4v) is 9.34. The van der Waals surface area contributed by atoms with Crippen molar-refractivity contribution in [2.45, 2.75) is 0 Å². The third kappa shape index (κ3) is 6.57. The predicted octanol–water partition coefficient (Wildman–Crippen LogP) is 17.0. The van der Waals surface area contributed by atoms with Crippen LogP contribution in [0.25, 0.3) is 71.7 Å². The summed E-state index contributed by atoms with van der Waals surface area (Å²) < 4.78 is 9.05. The van der Waals surface area contributed by atoms with Gasteiger partial charge in [-0.3, -0.25) is 0 Å². The Balaban J connectivity index is 0.936. The molecule has 0 saturated heterocycles. The van der Waals surface area contributed by atoms with Crippen molar-refractivity contribution in [2.75, 3.05) is 9.80 Å². The van der Waals surface area contributed by atoms with Crippen LogP contribution < -0.4 is 9.80 Å². The molecule has 12 aromatic rings. The molecule has 2 aromatic heterocycles. The number of benzene rings is 10. The first-order valence-electron chi connectivity index (χ1n) is 21.7. The number of para-hydroxylation sites is 4. The van der Waals surface area contributed by atoms with Gasteiger partial charge in [0.25, 0.3) is 0 Å². The van der Waals surface area contributed by atoms with E-state index in [0.717, 1.165) is 72.9 Å². The van der Waals surface area contributed by atoms with E-state index in [1.165, 1.54) is 32.9 Å². The van der Waals surface area contributed by atoms with Crippen molar-refractivity contribution >= 4 is 77.9 Å². The van der Waals surface area contributed by atoms with Gasteiger partial charge in [-0.15, -0.1) is 0 Å². The van der Waals surface area contributed by atoms with Crippen molar-refractivity contribution in [2.24, 2.45) is 0 Å². The minimum atomic E-state index is 0.839. The fraction of sp³-hybridized carbons (Fsp3) is 0. The van der Waals surface area contributed by atoms with Gasteiger partial charge in [-0.1, -0.05) is 140 Å². The topological polar surface area (TPSA) is 24.6 Å². The van der Waals surface area contributed by atoms with Crippen LogP contribution in [0.5, 0.6) is 0 Å². The van der Waals surface area contributed by atoms with Crippen LogP contribution in [0, 0.1) is 0 Å². The van der Waals surface area contributed by atoms with Crippen LogP contribution in [0.1, 0.15) is 0 Å². The van der Waals surface area contributed by atoms with Crippen molar-refractivity contribution in [1.29, 1.82) is 0 Å². The molecule has 0 bridgehead atoms. The minimum absolute atomic E-state index is 0.839. The van der Waals surface area contributed by atoms with Gasteiger partial charge in [0.1, 0.15) is 11.2 Å². The van der Waals surface area contributed by atoms with Crippen molar-refractivity contribution in [1.82, 2.24) is 4.57 Å². The number of aromatic nitrogens is 1. The molecule has 0 aliphatic heterocycles. The maximum atomic E-state index is 6.67. The van der Waals surface area contributed by atoms with Crippen molar-refractivity contribution in [3.8, 4) is 27.9 Å². The Labute approximate surface area is 371 Å². The molecular weight excluding hydrogens is 779 g/mol. The van der Waals surface area contributed by atoms with E-state index in [1.54, 1.807) is 0 Å². The molecular formula is C60H41N3O. The zero-order chi connectivity index (χ0) is 42.4. The molecule has 0 N–H and O–H groups in total. The smallest absolute Gasteiger partial charge is 0.137 e. The van der Waals surface area contributed by atoms with E-state index in [4.69, 9.17) is 4.42 Å². The molecule has 2 heterocycles. The van der Waals surface area contributed by atoms with E-state index in [0.29, 0.717) is 0 Å². The van der Waals surface area contributed by atoms with Gasteiger partial charge in [-0.25, -0.2) is 0 Å². The molecule has 0 fully saturated rings. The number of hydrogen-bond acceptors (Lipinski definition) is 3. The lowest BCUT2D eigenvalue weighted by Gasteiger charge is -2.29. The zero-order valence-corrected chi connectivity index (χ0v) is 34.9. The second kappa shape index (κ2) is 15.7. The van der Waals surface area contributed by atoms with Crippen LogP contribution >= 0.6 is 0 Å². The van der Waals surface area contributed by atoms with Gasteiger partial charge in [0, 0.05) is 67.4 Å². The Morgan fingerprint density at radius 3 is 1.47 bits per heavy atom. The van der Waals surface area contributed by atoms with Crippen molar-refractivity contribution in [3.63, 3.8) is 0 Å². The third-order valence-electron chi connectivity index (χ3n) is 12.3. The first kappa shape index (κ1) is 37.2. The molecule has 4 nitrogen and oxygen atoms in total. The Bertz CT molecular complexity index is 3600. The highest BCUT2D eigenvalue weighted by molar-refractivity contribution is 6.11. The summed E-state index contributed by atoms with van der Waals surface area (Å²) in [6, 6.07) is 88.6. The van der Waals surface area contributed by atoms with Crippen LogP contribution in [-0.2, 0) is 0 Å². The summed E-state index contributed by atoms with van der Waals surface area (Å²) in [5.74, 6) is 0. The molecule has 0 spiro atoms. The summed E-state index contributed by atoms with van der Waals surface area (Å²) >= 11 is 0. The lowest BCUT2D eigenvalue weighted by atomic mass is 10.0. The van der Waals surface area contributed by atoms with Crippen LogP contribution in [0.4, 0.5) is 34.1 Å². The first-order chi connectivity index (χ1) is 31.7. The molecule has 0 amide bonds. The maximum Gasteiger partial charge on any atom is 0.137 e. The molecule has 4 heteroatoms. The average Bonchev–Trinajstić information content (AvgIpc) is 3.90. The molecule has 0 atom stereocenters. The van der Waals surface area contributed by atoms with Gasteiger partial charge in [0.15, 0.2) is 0 Å². The quantitative estimate of drug-likeness (QED) is 0.145. The Morgan fingerprint density at radius 2 is 0.750 bits per heavy atom. The highest BCUT2D eigenvalue weighted by Gasteiger charge is 2.20. The van der Waals surface area contributed by atoms with Gasteiger partial charge in [0.2, 0.25) is 0 Å². The molecule has 12 rings (SSSR count). The van der Waals surface area contributed by atoms with Crippen LogP contribution in [0.15, 0.2) is 253 Å². The maximum absolute atomic E-state index is 6.67. The van der Waals surface area contributed by atoms with E-state index >= 15 is 0 Å². The lowest BCUT2D eigenvalue weighted by molar-refractivity contribution is 0.669. The van der Waals surface area contributed by atoms with E-state index in [-0.39, 0.29) is 0 Å². The largest absolute Gasteiger partial charge is 0.456 e. The summed E-state index contributed by atoms with van der Waals surface area (Å²) in [7, 11) is 0. The Morgan fingerprint density at radius 1 is 0.266 bits per heavy atom. The number of fused-ring (bicyclic) bond motifs is 6. The number of anilines is 6. The first-order valence-corrected chi connectivity index (χ1v) is 21.7. The molecule has 0 radical (unpaired) electrons. The molecule has 0 saturated carbocycles. The van der Waals surface area contributed by atoms with Gasteiger partial charge in [-0.2, -0.15) is 0 Å². The SMILES string of the molecule is c1ccc(-c2ccc(N(c3ccccc3)c3cccc(N(c4ccccc4)c4ccc5c(c4)oc4ccc(-c6ccc7c8ccccc8n(-c8ccccc8)c7c6)cc45)c3)cc2)cc1. The van der Waals surface area contributed by atoms with E-state index < -0.39 is 0 Å². The third-order valence-corrected chi connectivity index (χ3v) is 12.3. The molecule has 10 aromatic carbocycles. The summed E-state index contributed by atoms with van der Waals surface area (Å²) in [6.07, 6.45) is 0.